The number of aromatic nitrogens is 2. The van der Waals surface area contributed by atoms with E-state index in [0.717, 1.165) is 17.8 Å². The molecule has 1 aromatic rings. The number of hydrogen-bond donors (Lipinski definition) is 3. The van der Waals surface area contributed by atoms with Crippen LogP contribution < -0.4 is 16.2 Å². The summed E-state index contributed by atoms with van der Waals surface area (Å²) in [6.07, 6.45) is 5.91. The fourth-order valence-electron chi connectivity index (χ4n) is 2.37. The lowest BCUT2D eigenvalue weighted by Gasteiger charge is -2.39. The summed E-state index contributed by atoms with van der Waals surface area (Å²) < 4.78 is 0. The quantitative estimate of drug-likeness (QED) is 0.509. The van der Waals surface area contributed by atoms with E-state index in [-0.39, 0.29) is 6.61 Å². The van der Waals surface area contributed by atoms with Crippen molar-refractivity contribution in [2.45, 2.75) is 38.6 Å². The van der Waals surface area contributed by atoms with Gasteiger partial charge in [0.25, 0.3) is 0 Å². The minimum absolute atomic E-state index is 0.134. The third-order valence-electron chi connectivity index (χ3n) is 3.54. The Morgan fingerprint density at radius 2 is 2.28 bits per heavy atom. The standard InChI is InChI=1S/C12H21N5O/c1-2-10-11(16-13)14-8-15-12(10)17(6-7-18)9-4-3-5-9/h8-9,18H,2-7,13H2,1H3,(H,14,15,16). The van der Waals surface area contributed by atoms with Crippen LogP contribution in [0.5, 0.6) is 0 Å². The summed E-state index contributed by atoms with van der Waals surface area (Å²) >= 11 is 0. The van der Waals surface area contributed by atoms with E-state index in [9.17, 15) is 5.11 Å². The van der Waals surface area contributed by atoms with E-state index in [1.165, 1.54) is 25.6 Å². The van der Waals surface area contributed by atoms with Gasteiger partial charge in [-0.1, -0.05) is 6.92 Å². The van der Waals surface area contributed by atoms with Crippen molar-refractivity contribution in [1.82, 2.24) is 9.97 Å². The van der Waals surface area contributed by atoms with Crippen LogP contribution in [0.3, 0.4) is 0 Å². The van der Waals surface area contributed by atoms with Gasteiger partial charge in [0.2, 0.25) is 0 Å². The molecule has 18 heavy (non-hydrogen) atoms. The largest absolute Gasteiger partial charge is 0.395 e. The zero-order valence-electron chi connectivity index (χ0n) is 10.8. The van der Waals surface area contributed by atoms with E-state index in [1.54, 1.807) is 0 Å². The van der Waals surface area contributed by atoms with Crippen molar-refractivity contribution in [3.8, 4) is 0 Å². The summed E-state index contributed by atoms with van der Waals surface area (Å²) in [7, 11) is 0. The van der Waals surface area contributed by atoms with Gasteiger partial charge >= 0.3 is 0 Å². The van der Waals surface area contributed by atoms with Gasteiger partial charge in [0.1, 0.15) is 18.0 Å². The molecule has 1 fully saturated rings. The zero-order chi connectivity index (χ0) is 13.0. The number of aliphatic hydroxyl groups is 1. The van der Waals surface area contributed by atoms with Crippen LogP contribution in [-0.2, 0) is 6.42 Å². The third kappa shape index (κ3) is 2.39. The number of nitrogens with zero attached hydrogens (tertiary/aromatic N) is 3. The molecule has 100 valence electrons. The number of nitrogens with two attached hydrogens (primary N) is 1. The first kappa shape index (κ1) is 13.0. The highest BCUT2D eigenvalue weighted by Gasteiger charge is 2.27. The summed E-state index contributed by atoms with van der Waals surface area (Å²) in [6.45, 7) is 2.80. The molecule has 4 N–H and O–H groups in total. The molecule has 0 aromatic carbocycles. The molecule has 1 heterocycles. The molecule has 0 aliphatic heterocycles. The highest BCUT2D eigenvalue weighted by atomic mass is 16.3. The Kier molecular flexibility index (Phi) is 4.33. The van der Waals surface area contributed by atoms with Gasteiger partial charge < -0.3 is 15.4 Å². The van der Waals surface area contributed by atoms with E-state index in [4.69, 9.17) is 5.84 Å². The Bertz CT molecular complexity index is 394. The molecule has 1 aromatic heterocycles. The Hall–Kier alpha value is -1.40. The van der Waals surface area contributed by atoms with Gasteiger partial charge in [-0.2, -0.15) is 0 Å². The van der Waals surface area contributed by atoms with Crippen LogP contribution in [0.2, 0.25) is 0 Å². The average molecular weight is 251 g/mol. The molecule has 6 heteroatoms. The van der Waals surface area contributed by atoms with Gasteiger partial charge in [0, 0.05) is 18.2 Å². The minimum Gasteiger partial charge on any atom is -0.395 e. The Morgan fingerprint density at radius 1 is 1.50 bits per heavy atom. The molecule has 0 amide bonds. The number of anilines is 2. The number of nitrogen functional groups attached to an aromatic ring is 1. The van der Waals surface area contributed by atoms with Gasteiger partial charge in [-0.15, -0.1) is 0 Å². The first-order valence-electron chi connectivity index (χ1n) is 6.49. The summed E-state index contributed by atoms with van der Waals surface area (Å²) in [5.74, 6) is 7.06. The minimum atomic E-state index is 0.134. The average Bonchev–Trinajstić information content (AvgIpc) is 2.35. The summed E-state index contributed by atoms with van der Waals surface area (Å²) in [5.41, 5.74) is 3.63. The fourth-order valence-corrected chi connectivity index (χ4v) is 2.37. The van der Waals surface area contributed by atoms with Gasteiger partial charge in [0.05, 0.1) is 6.61 Å². The van der Waals surface area contributed by atoms with Crippen molar-refractivity contribution < 1.29 is 5.11 Å². The number of nitrogens with one attached hydrogen (secondary N) is 1. The van der Waals surface area contributed by atoms with E-state index in [0.29, 0.717) is 18.4 Å². The highest BCUT2D eigenvalue weighted by molar-refractivity contribution is 5.59. The predicted octanol–water partition coefficient (Wildman–Crippen LogP) is 0.676. The lowest BCUT2D eigenvalue weighted by Crippen LogP contribution is -2.43. The number of hydrazine groups is 1. The first-order chi connectivity index (χ1) is 8.81. The SMILES string of the molecule is CCc1c(NN)ncnc1N(CCO)C1CCC1. The van der Waals surface area contributed by atoms with Crippen molar-refractivity contribution in [3.63, 3.8) is 0 Å². The molecule has 1 aliphatic rings. The van der Waals surface area contributed by atoms with Crippen LogP contribution in [-0.4, -0.2) is 34.3 Å². The summed E-state index contributed by atoms with van der Waals surface area (Å²) in [4.78, 5) is 10.7. The number of aliphatic hydroxyl groups excluding tert-OH is 1. The normalized spacial score (nSPS) is 15.3. The number of hydrogen-bond acceptors (Lipinski definition) is 6. The molecule has 0 bridgehead atoms. The van der Waals surface area contributed by atoms with Crippen molar-refractivity contribution in [2.24, 2.45) is 5.84 Å². The van der Waals surface area contributed by atoms with Gasteiger partial charge in [0.15, 0.2) is 0 Å². The van der Waals surface area contributed by atoms with Crippen LogP contribution in [0.4, 0.5) is 11.6 Å². The fraction of sp³-hybridized carbons (Fsp3) is 0.667. The van der Waals surface area contributed by atoms with E-state index in [2.05, 4.69) is 27.2 Å². The van der Waals surface area contributed by atoms with E-state index in [1.807, 2.05) is 0 Å². The Labute approximate surface area is 107 Å². The van der Waals surface area contributed by atoms with Gasteiger partial charge in [-0.3, -0.25) is 0 Å². The topological polar surface area (TPSA) is 87.3 Å². The maximum Gasteiger partial charge on any atom is 0.148 e. The highest BCUT2D eigenvalue weighted by Crippen LogP contribution is 2.31. The molecule has 0 saturated heterocycles. The molecule has 0 spiro atoms. The molecule has 6 nitrogen and oxygen atoms in total. The van der Waals surface area contributed by atoms with E-state index < -0.39 is 0 Å². The Balaban J connectivity index is 2.33. The van der Waals surface area contributed by atoms with Gasteiger partial charge in [-0.25, -0.2) is 15.8 Å². The second-order valence-electron chi connectivity index (χ2n) is 4.52. The van der Waals surface area contributed by atoms with Crippen molar-refractivity contribution in [2.75, 3.05) is 23.5 Å². The first-order valence-corrected chi connectivity index (χ1v) is 6.49. The zero-order valence-corrected chi connectivity index (χ0v) is 10.8. The van der Waals surface area contributed by atoms with Crippen molar-refractivity contribution >= 4 is 11.6 Å². The van der Waals surface area contributed by atoms with Crippen molar-refractivity contribution in [3.05, 3.63) is 11.9 Å². The monoisotopic (exact) mass is 251 g/mol. The lowest BCUT2D eigenvalue weighted by molar-refractivity contribution is 0.282. The van der Waals surface area contributed by atoms with Crippen LogP contribution in [0.15, 0.2) is 6.33 Å². The Morgan fingerprint density at radius 3 is 2.78 bits per heavy atom. The molecule has 0 atom stereocenters. The molecular formula is C12H21N5O. The van der Waals surface area contributed by atoms with Crippen molar-refractivity contribution in [1.29, 1.82) is 0 Å². The van der Waals surface area contributed by atoms with Crippen LogP contribution in [0.1, 0.15) is 31.7 Å². The van der Waals surface area contributed by atoms with Crippen LogP contribution >= 0.6 is 0 Å². The second kappa shape index (κ2) is 5.97. The van der Waals surface area contributed by atoms with Crippen LogP contribution in [0, 0.1) is 0 Å². The summed E-state index contributed by atoms with van der Waals surface area (Å²) in [5, 5.41) is 9.23. The maximum atomic E-state index is 9.23. The molecular weight excluding hydrogens is 230 g/mol. The lowest BCUT2D eigenvalue weighted by atomic mass is 9.91. The molecule has 0 radical (unpaired) electrons. The molecule has 1 aliphatic carbocycles. The summed E-state index contributed by atoms with van der Waals surface area (Å²) in [6, 6.07) is 0.489. The molecule has 0 unspecified atom stereocenters. The smallest absolute Gasteiger partial charge is 0.148 e. The molecule has 1 saturated carbocycles. The maximum absolute atomic E-state index is 9.23. The number of rotatable bonds is 6. The molecule has 2 rings (SSSR count). The van der Waals surface area contributed by atoms with E-state index >= 15 is 0 Å². The third-order valence-corrected chi connectivity index (χ3v) is 3.54. The predicted molar refractivity (Wildman–Crippen MR) is 71.3 cm³/mol. The van der Waals surface area contributed by atoms with Crippen LogP contribution in [0.25, 0.3) is 0 Å². The van der Waals surface area contributed by atoms with Gasteiger partial charge in [-0.05, 0) is 25.7 Å². The second-order valence-corrected chi connectivity index (χ2v) is 4.52.